The molecule has 2 fully saturated rings. The van der Waals surface area contributed by atoms with Crippen molar-refractivity contribution in [3.05, 3.63) is 88.5 Å². The van der Waals surface area contributed by atoms with E-state index in [1.165, 1.54) is 24.0 Å². The number of anilines is 2. The molecule has 0 unspecified atom stereocenters. The van der Waals surface area contributed by atoms with Crippen LogP contribution in [0, 0.1) is 5.92 Å². The van der Waals surface area contributed by atoms with E-state index >= 15 is 0 Å². The molecule has 178 valence electrons. The first-order valence-electron chi connectivity index (χ1n) is 12.3. The number of nitrogens with zero attached hydrogens (tertiary/aromatic N) is 3. The quantitative estimate of drug-likeness (QED) is 0.313. The topological polar surface area (TPSA) is 71.3 Å². The maximum Gasteiger partial charge on any atom is 0.229 e. The van der Waals surface area contributed by atoms with Gasteiger partial charge in [-0.2, -0.15) is 0 Å². The molecule has 6 nitrogen and oxygen atoms in total. The van der Waals surface area contributed by atoms with Crippen LogP contribution in [0.3, 0.4) is 0 Å². The zero-order valence-corrected chi connectivity index (χ0v) is 20.4. The lowest BCUT2D eigenvalue weighted by atomic mass is 10.1. The number of carbonyl (C=O) groups is 1. The van der Waals surface area contributed by atoms with E-state index in [-0.39, 0.29) is 17.7 Å². The number of imidazole rings is 1. The second-order valence-electron chi connectivity index (χ2n) is 9.67. The minimum absolute atomic E-state index is 0.00135. The Bertz CT molecular complexity index is 1410. The van der Waals surface area contributed by atoms with Gasteiger partial charge in [-0.1, -0.05) is 36.7 Å². The number of halogens is 1. The van der Waals surface area contributed by atoms with Gasteiger partial charge in [0.25, 0.3) is 0 Å². The fourth-order valence-electron chi connectivity index (χ4n) is 4.84. The summed E-state index contributed by atoms with van der Waals surface area (Å²) in [5.74, 6) is 1.44. The number of pyridine rings is 2. The summed E-state index contributed by atoms with van der Waals surface area (Å²) < 4.78 is 2.17. The highest BCUT2D eigenvalue weighted by atomic mass is 35.5. The summed E-state index contributed by atoms with van der Waals surface area (Å²) in [7, 11) is 0. The van der Waals surface area contributed by atoms with Crippen molar-refractivity contribution in [1.29, 1.82) is 0 Å². The monoisotopic (exact) mass is 485 g/mol. The maximum absolute atomic E-state index is 12.8. The van der Waals surface area contributed by atoms with Crippen LogP contribution in [0.2, 0.25) is 5.02 Å². The predicted octanol–water partition coefficient (Wildman–Crippen LogP) is 6.18. The molecule has 2 saturated carbocycles. The smallest absolute Gasteiger partial charge is 0.229 e. The molecule has 35 heavy (non-hydrogen) atoms. The number of aromatic nitrogens is 3. The highest BCUT2D eigenvalue weighted by Crippen LogP contribution is 2.48. The number of benzene rings is 1. The predicted molar refractivity (Wildman–Crippen MR) is 139 cm³/mol. The molecule has 0 saturated heterocycles. The van der Waals surface area contributed by atoms with Crippen molar-refractivity contribution in [1.82, 2.24) is 14.4 Å². The van der Waals surface area contributed by atoms with Gasteiger partial charge >= 0.3 is 0 Å². The Labute approximate surface area is 209 Å². The van der Waals surface area contributed by atoms with Crippen LogP contribution in [-0.2, 0) is 17.8 Å². The molecule has 1 aromatic carbocycles. The van der Waals surface area contributed by atoms with E-state index in [1.807, 2.05) is 36.4 Å². The molecule has 0 bridgehead atoms. The normalized spacial score (nSPS) is 19.0. The number of amides is 1. The van der Waals surface area contributed by atoms with Gasteiger partial charge in [0.1, 0.15) is 11.5 Å². The van der Waals surface area contributed by atoms with Crippen LogP contribution in [0.25, 0.3) is 5.65 Å². The Kier molecular flexibility index (Phi) is 5.69. The maximum atomic E-state index is 12.8. The van der Waals surface area contributed by atoms with Crippen LogP contribution in [-0.4, -0.2) is 20.3 Å². The molecule has 2 aliphatic rings. The van der Waals surface area contributed by atoms with Crippen LogP contribution >= 0.6 is 11.6 Å². The number of aryl methyl sites for hydroxylation is 1. The van der Waals surface area contributed by atoms with Gasteiger partial charge in [0.2, 0.25) is 5.91 Å². The number of nitrogens with one attached hydrogen (secondary N) is 2. The van der Waals surface area contributed by atoms with Gasteiger partial charge in [-0.05, 0) is 72.4 Å². The zero-order chi connectivity index (χ0) is 23.9. The third-order valence-corrected chi connectivity index (χ3v) is 7.25. The van der Waals surface area contributed by atoms with Crippen LogP contribution in [0.5, 0.6) is 0 Å². The lowest BCUT2D eigenvalue weighted by molar-refractivity contribution is -0.117. The second kappa shape index (κ2) is 9.00. The van der Waals surface area contributed by atoms with E-state index in [4.69, 9.17) is 16.6 Å². The lowest BCUT2D eigenvalue weighted by Gasteiger charge is -2.08. The van der Waals surface area contributed by atoms with Crippen molar-refractivity contribution >= 4 is 34.7 Å². The largest absolute Gasteiger partial charge is 0.379 e. The van der Waals surface area contributed by atoms with Gasteiger partial charge in [-0.3, -0.25) is 4.79 Å². The van der Waals surface area contributed by atoms with Crippen molar-refractivity contribution in [2.45, 2.75) is 51.0 Å². The fraction of sp³-hybridized carbons (Fsp3) is 0.321. The Morgan fingerprint density at radius 3 is 2.83 bits per heavy atom. The highest BCUT2D eigenvalue weighted by Gasteiger charge is 2.44. The average Bonchev–Trinajstić information content (AvgIpc) is 3.78. The van der Waals surface area contributed by atoms with Gasteiger partial charge < -0.3 is 15.0 Å². The zero-order valence-electron chi connectivity index (χ0n) is 19.7. The van der Waals surface area contributed by atoms with Crippen molar-refractivity contribution < 1.29 is 4.79 Å². The highest BCUT2D eigenvalue weighted by molar-refractivity contribution is 6.30. The molecule has 2 N–H and O–H groups in total. The van der Waals surface area contributed by atoms with E-state index in [0.717, 1.165) is 41.4 Å². The van der Waals surface area contributed by atoms with Gasteiger partial charge in [-0.15, -0.1) is 0 Å². The van der Waals surface area contributed by atoms with E-state index in [2.05, 4.69) is 45.4 Å². The molecule has 0 spiro atoms. The summed E-state index contributed by atoms with van der Waals surface area (Å²) in [4.78, 5) is 22.0. The molecule has 2 aliphatic carbocycles. The molecular weight excluding hydrogens is 458 g/mol. The summed E-state index contributed by atoms with van der Waals surface area (Å²) in [6, 6.07) is 13.9. The summed E-state index contributed by atoms with van der Waals surface area (Å²) >= 11 is 6.10. The summed E-state index contributed by atoms with van der Waals surface area (Å²) in [6.07, 6.45) is 10.4. The third-order valence-electron chi connectivity index (χ3n) is 7.02. The first-order valence-corrected chi connectivity index (χ1v) is 12.7. The average molecular weight is 486 g/mol. The molecule has 0 radical (unpaired) electrons. The van der Waals surface area contributed by atoms with E-state index < -0.39 is 0 Å². The molecule has 4 aromatic rings. The van der Waals surface area contributed by atoms with E-state index in [0.29, 0.717) is 17.4 Å². The minimum atomic E-state index is -0.0434. The number of hydrogen-bond donors (Lipinski definition) is 2. The number of carbonyl (C=O) groups excluding carboxylic acids is 1. The third kappa shape index (κ3) is 4.76. The van der Waals surface area contributed by atoms with E-state index in [1.54, 1.807) is 6.20 Å². The molecule has 1 amide bonds. The molecule has 7 heteroatoms. The number of fused-ring (bicyclic) bond motifs is 1. The summed E-state index contributed by atoms with van der Waals surface area (Å²) in [5.41, 5.74) is 6.75. The van der Waals surface area contributed by atoms with Crippen molar-refractivity contribution in [3.8, 4) is 0 Å². The standard InChI is InChI=1S/C28H28ClN5O/c1-2-17-10-20(18-6-7-18)15-34-16-23(32-27(17)34)14-31-22-8-9-30-26(12-22)33-28(35)25-13-24(25)19-4-3-5-21(29)11-19/h3-5,8-12,15-16,18,24-25H,2,6-7,13-14H2,1H3,(H2,30,31,33,35)/t24-,25+/m1/s1. The Balaban J connectivity index is 1.10. The van der Waals surface area contributed by atoms with Crippen molar-refractivity contribution in [2.75, 3.05) is 10.6 Å². The molecule has 2 atom stereocenters. The van der Waals surface area contributed by atoms with Crippen LogP contribution in [0.1, 0.15) is 60.4 Å². The van der Waals surface area contributed by atoms with Crippen molar-refractivity contribution in [3.63, 3.8) is 0 Å². The van der Waals surface area contributed by atoms with Crippen LogP contribution in [0.15, 0.2) is 61.1 Å². The summed E-state index contributed by atoms with van der Waals surface area (Å²) in [5, 5.41) is 7.10. The first kappa shape index (κ1) is 22.1. The molecular formula is C28H28ClN5O. The Morgan fingerprint density at radius 2 is 2.03 bits per heavy atom. The van der Waals surface area contributed by atoms with Crippen molar-refractivity contribution in [2.24, 2.45) is 5.92 Å². The van der Waals surface area contributed by atoms with Gasteiger partial charge in [0.05, 0.1) is 12.2 Å². The van der Waals surface area contributed by atoms with E-state index in [9.17, 15) is 4.79 Å². The molecule has 0 aliphatic heterocycles. The number of hydrogen-bond acceptors (Lipinski definition) is 4. The second-order valence-corrected chi connectivity index (χ2v) is 10.1. The van der Waals surface area contributed by atoms with Crippen LogP contribution in [0.4, 0.5) is 11.5 Å². The fourth-order valence-corrected chi connectivity index (χ4v) is 5.04. The summed E-state index contributed by atoms with van der Waals surface area (Å²) in [6.45, 7) is 2.78. The Morgan fingerprint density at radius 1 is 1.14 bits per heavy atom. The van der Waals surface area contributed by atoms with Gasteiger partial charge in [0, 0.05) is 41.3 Å². The van der Waals surface area contributed by atoms with Crippen LogP contribution < -0.4 is 10.6 Å². The molecule has 3 aromatic heterocycles. The molecule has 6 rings (SSSR count). The SMILES string of the molecule is CCc1cc(C2CC2)cn2cc(CNc3ccnc(NC(=O)[C@H]4C[C@@H]4c4cccc(Cl)c4)c3)nc12. The lowest BCUT2D eigenvalue weighted by Crippen LogP contribution is -2.15. The number of rotatable bonds is 8. The van der Waals surface area contributed by atoms with Gasteiger partial charge in [0.15, 0.2) is 0 Å². The Hall–Kier alpha value is -3.38. The van der Waals surface area contributed by atoms with Gasteiger partial charge in [-0.25, -0.2) is 9.97 Å². The first-order chi connectivity index (χ1) is 17.1. The molecule has 3 heterocycles. The minimum Gasteiger partial charge on any atom is -0.379 e.